The fourth-order valence-corrected chi connectivity index (χ4v) is 1.63. The first-order valence-corrected chi connectivity index (χ1v) is 5.24. The lowest BCUT2D eigenvalue weighted by Gasteiger charge is -2.29. The summed E-state index contributed by atoms with van der Waals surface area (Å²) in [6.07, 6.45) is 0.119. The highest BCUT2D eigenvalue weighted by molar-refractivity contribution is 5.78. The Morgan fingerprint density at radius 1 is 1.50 bits per heavy atom. The van der Waals surface area contributed by atoms with Crippen molar-refractivity contribution in [3.63, 3.8) is 0 Å². The van der Waals surface area contributed by atoms with Crippen LogP contribution in [0, 0.1) is 11.8 Å². The Hall–Kier alpha value is -1.09. The fourth-order valence-electron chi connectivity index (χ4n) is 1.63. The van der Waals surface area contributed by atoms with Crippen LogP contribution in [0.4, 0.5) is 0 Å². The molecule has 2 atom stereocenters. The van der Waals surface area contributed by atoms with E-state index in [1.54, 1.807) is 19.1 Å². The Kier molecular flexibility index (Phi) is 5.26. The molecule has 16 heavy (non-hydrogen) atoms. The van der Waals surface area contributed by atoms with E-state index in [0.29, 0.717) is 19.5 Å². The zero-order valence-corrected chi connectivity index (χ0v) is 9.73. The Morgan fingerprint density at radius 3 is 2.81 bits per heavy atom. The second kappa shape index (κ2) is 6.48. The molecule has 0 fully saturated rings. The van der Waals surface area contributed by atoms with Gasteiger partial charge in [0.1, 0.15) is 12.2 Å². The summed E-state index contributed by atoms with van der Waals surface area (Å²) in [7, 11) is 3.17. The predicted molar refractivity (Wildman–Crippen MR) is 59.6 cm³/mol. The maximum atomic E-state index is 11.5. The van der Waals surface area contributed by atoms with Gasteiger partial charge in [0, 0.05) is 27.2 Å². The molecule has 0 aromatic heterocycles. The van der Waals surface area contributed by atoms with Crippen molar-refractivity contribution in [1.29, 1.82) is 0 Å². The summed E-state index contributed by atoms with van der Waals surface area (Å²) in [5.74, 6) is 5.87. The van der Waals surface area contributed by atoms with Crippen LogP contribution >= 0.6 is 0 Å². The number of hydrogen-bond acceptors (Lipinski definition) is 4. The first kappa shape index (κ1) is 13.0. The van der Waals surface area contributed by atoms with Crippen LogP contribution in [-0.4, -0.2) is 56.9 Å². The van der Waals surface area contributed by atoms with Crippen LogP contribution in [0.5, 0.6) is 0 Å². The lowest BCUT2D eigenvalue weighted by Crippen LogP contribution is -2.46. The molecule has 0 bridgehead atoms. The lowest BCUT2D eigenvalue weighted by atomic mass is 10.1. The molecule has 5 nitrogen and oxygen atoms in total. The third kappa shape index (κ3) is 3.20. The average Bonchev–Trinajstić information content (AvgIpc) is 2.29. The molecule has 0 aromatic rings. The molecule has 5 heteroatoms. The minimum atomic E-state index is -0.293. The van der Waals surface area contributed by atoms with Gasteiger partial charge in [-0.2, -0.15) is 0 Å². The fraction of sp³-hybridized carbons (Fsp3) is 0.727. The van der Waals surface area contributed by atoms with Crippen LogP contribution in [0.1, 0.15) is 6.42 Å². The Labute approximate surface area is 95.9 Å². The molecule has 1 heterocycles. The maximum absolute atomic E-state index is 11.5. The maximum Gasteiger partial charge on any atom is 0.236 e. The number of nitrogens with two attached hydrogens (primary N) is 1. The summed E-state index contributed by atoms with van der Waals surface area (Å²) < 4.78 is 10.5. The molecule has 0 radical (unpaired) electrons. The Morgan fingerprint density at radius 2 is 2.25 bits per heavy atom. The summed E-state index contributed by atoms with van der Waals surface area (Å²) in [5.41, 5.74) is 5.35. The van der Waals surface area contributed by atoms with E-state index in [9.17, 15) is 4.79 Å². The van der Waals surface area contributed by atoms with E-state index in [1.165, 1.54) is 0 Å². The van der Waals surface area contributed by atoms with Crippen LogP contribution in [0.15, 0.2) is 0 Å². The smallest absolute Gasteiger partial charge is 0.236 e. The Balaban J connectivity index is 2.76. The quantitative estimate of drug-likeness (QED) is 0.641. The topological polar surface area (TPSA) is 64.8 Å². The van der Waals surface area contributed by atoms with Crippen LogP contribution < -0.4 is 5.73 Å². The van der Waals surface area contributed by atoms with Gasteiger partial charge in [0.25, 0.3) is 0 Å². The third-order valence-corrected chi connectivity index (χ3v) is 2.57. The number of methoxy groups -OCH3 is 2. The van der Waals surface area contributed by atoms with Gasteiger partial charge in [-0.05, 0) is 0 Å². The van der Waals surface area contributed by atoms with Gasteiger partial charge in [0.2, 0.25) is 5.91 Å². The summed E-state index contributed by atoms with van der Waals surface area (Å²) in [4.78, 5) is 13.2. The van der Waals surface area contributed by atoms with E-state index in [-0.39, 0.29) is 24.7 Å². The molecule has 2 N–H and O–H groups in total. The van der Waals surface area contributed by atoms with E-state index in [0.717, 1.165) is 0 Å². The van der Waals surface area contributed by atoms with Crippen molar-refractivity contribution in [2.24, 2.45) is 5.73 Å². The predicted octanol–water partition coefficient (Wildman–Crippen LogP) is -0.789. The van der Waals surface area contributed by atoms with Gasteiger partial charge in [0.15, 0.2) is 0 Å². The minimum Gasteiger partial charge on any atom is -0.376 e. The summed E-state index contributed by atoms with van der Waals surface area (Å²) in [5, 5.41) is 0. The highest BCUT2D eigenvalue weighted by Crippen LogP contribution is 2.08. The van der Waals surface area contributed by atoms with Gasteiger partial charge in [0.05, 0.1) is 13.1 Å². The second-order valence-electron chi connectivity index (χ2n) is 3.55. The molecule has 1 aliphatic rings. The molecule has 0 saturated heterocycles. The standard InChI is InChI=1S/C11H18N2O3/c1-15-9-5-3-4-6-13(11(14)7-12)8-10(9)16-2/h9-10H,4,6-8,12H2,1-2H3/t9-,10-/m0/s1. The number of nitrogens with zero attached hydrogens (tertiary/aromatic N) is 1. The van der Waals surface area contributed by atoms with Crippen molar-refractivity contribution in [1.82, 2.24) is 4.90 Å². The first-order valence-electron chi connectivity index (χ1n) is 5.24. The van der Waals surface area contributed by atoms with Gasteiger partial charge in [-0.25, -0.2) is 0 Å². The van der Waals surface area contributed by atoms with Crippen LogP contribution in [-0.2, 0) is 14.3 Å². The molecule has 1 aliphatic heterocycles. The van der Waals surface area contributed by atoms with Gasteiger partial charge in [-0.3, -0.25) is 4.79 Å². The van der Waals surface area contributed by atoms with E-state index < -0.39 is 0 Å². The summed E-state index contributed by atoms with van der Waals surface area (Å²) in [6, 6.07) is 0. The summed E-state index contributed by atoms with van der Waals surface area (Å²) in [6.45, 7) is 1.08. The number of rotatable bonds is 3. The molecular weight excluding hydrogens is 208 g/mol. The number of carbonyl (C=O) groups excluding carboxylic acids is 1. The van der Waals surface area contributed by atoms with E-state index in [1.807, 2.05) is 0 Å². The van der Waals surface area contributed by atoms with Gasteiger partial charge < -0.3 is 20.1 Å². The average molecular weight is 226 g/mol. The second-order valence-corrected chi connectivity index (χ2v) is 3.55. The van der Waals surface area contributed by atoms with Gasteiger partial charge in [-0.1, -0.05) is 11.8 Å². The Bertz CT molecular complexity index is 295. The van der Waals surface area contributed by atoms with Crippen LogP contribution in [0.3, 0.4) is 0 Å². The van der Waals surface area contributed by atoms with Crippen molar-refractivity contribution in [3.05, 3.63) is 0 Å². The van der Waals surface area contributed by atoms with Crippen molar-refractivity contribution < 1.29 is 14.3 Å². The normalized spacial score (nSPS) is 25.3. The number of amides is 1. The molecule has 0 aromatic carbocycles. The lowest BCUT2D eigenvalue weighted by molar-refractivity contribution is -0.132. The van der Waals surface area contributed by atoms with Gasteiger partial charge >= 0.3 is 0 Å². The van der Waals surface area contributed by atoms with Crippen LogP contribution in [0.2, 0.25) is 0 Å². The van der Waals surface area contributed by atoms with Crippen molar-refractivity contribution in [2.45, 2.75) is 18.6 Å². The molecular formula is C11H18N2O3. The van der Waals surface area contributed by atoms with Crippen molar-refractivity contribution in [2.75, 3.05) is 33.9 Å². The number of carbonyl (C=O) groups is 1. The van der Waals surface area contributed by atoms with Crippen LogP contribution in [0.25, 0.3) is 0 Å². The number of hydrogen-bond donors (Lipinski definition) is 1. The SMILES string of the molecule is CO[C@H]1C#CCCN(C(=O)CN)C[C@@H]1OC. The molecule has 0 unspecified atom stereocenters. The zero-order valence-electron chi connectivity index (χ0n) is 9.73. The van der Waals surface area contributed by atoms with Crippen molar-refractivity contribution in [3.8, 4) is 11.8 Å². The summed E-state index contributed by atoms with van der Waals surface area (Å²) >= 11 is 0. The van der Waals surface area contributed by atoms with Crippen molar-refractivity contribution >= 4 is 5.91 Å². The third-order valence-electron chi connectivity index (χ3n) is 2.57. The minimum absolute atomic E-state index is 0.0154. The molecule has 0 spiro atoms. The number of ether oxygens (including phenoxy) is 2. The monoisotopic (exact) mass is 226 g/mol. The first-order chi connectivity index (χ1) is 7.72. The highest BCUT2D eigenvalue weighted by Gasteiger charge is 2.25. The van der Waals surface area contributed by atoms with E-state index in [4.69, 9.17) is 15.2 Å². The zero-order chi connectivity index (χ0) is 12.0. The van der Waals surface area contributed by atoms with Gasteiger partial charge in [-0.15, -0.1) is 0 Å². The molecule has 1 rings (SSSR count). The largest absolute Gasteiger partial charge is 0.376 e. The van der Waals surface area contributed by atoms with E-state index in [2.05, 4.69) is 11.8 Å². The van der Waals surface area contributed by atoms with E-state index >= 15 is 0 Å². The molecule has 90 valence electrons. The molecule has 1 amide bonds. The molecule has 0 aliphatic carbocycles. The highest BCUT2D eigenvalue weighted by atomic mass is 16.5. The molecule has 0 saturated carbocycles.